The summed E-state index contributed by atoms with van der Waals surface area (Å²) in [5, 5.41) is 12.0. The number of aromatic hydroxyl groups is 1. The molecule has 1 aliphatic heterocycles. The predicted molar refractivity (Wildman–Crippen MR) is 85.6 cm³/mol. The number of hydrogen-bond acceptors (Lipinski definition) is 2. The van der Waals surface area contributed by atoms with Crippen LogP contribution in [-0.2, 0) is 13.1 Å². The lowest BCUT2D eigenvalue weighted by Gasteiger charge is -2.17. The fourth-order valence-electron chi connectivity index (χ4n) is 3.12. The molecule has 0 bridgehead atoms. The second-order valence-corrected chi connectivity index (χ2v) is 5.61. The summed E-state index contributed by atoms with van der Waals surface area (Å²) in [4.78, 5) is 14.7. The smallest absolute Gasteiger partial charge is 0.258 e. The van der Waals surface area contributed by atoms with Crippen molar-refractivity contribution in [2.24, 2.45) is 0 Å². The van der Waals surface area contributed by atoms with E-state index in [4.69, 9.17) is 0 Å². The van der Waals surface area contributed by atoms with Gasteiger partial charge in [0, 0.05) is 13.1 Å². The third-order valence-corrected chi connectivity index (χ3v) is 4.25. The van der Waals surface area contributed by atoms with E-state index in [0.29, 0.717) is 18.7 Å². The van der Waals surface area contributed by atoms with Crippen molar-refractivity contribution in [3.63, 3.8) is 0 Å². The molecule has 0 unspecified atom stereocenters. The maximum absolute atomic E-state index is 12.9. The third-order valence-electron chi connectivity index (χ3n) is 4.25. The summed E-state index contributed by atoms with van der Waals surface area (Å²) in [6.07, 6.45) is 0. The molecule has 22 heavy (non-hydrogen) atoms. The Labute approximate surface area is 128 Å². The zero-order chi connectivity index (χ0) is 15.1. The van der Waals surface area contributed by atoms with E-state index in [1.165, 1.54) is 11.1 Å². The van der Waals surface area contributed by atoms with Crippen LogP contribution in [0.25, 0.3) is 10.8 Å². The fraction of sp³-hybridized carbons (Fsp3) is 0.105. The van der Waals surface area contributed by atoms with Crippen molar-refractivity contribution in [1.82, 2.24) is 4.90 Å². The predicted octanol–water partition coefficient (Wildman–Crippen LogP) is 3.70. The summed E-state index contributed by atoms with van der Waals surface area (Å²) >= 11 is 0. The second-order valence-electron chi connectivity index (χ2n) is 5.61. The number of rotatable bonds is 1. The SMILES string of the molecule is O=C(c1c(O)ccc2ccccc12)N1Cc2ccccc2C1. The van der Waals surface area contributed by atoms with Crippen molar-refractivity contribution in [3.8, 4) is 5.75 Å². The van der Waals surface area contributed by atoms with Gasteiger partial charge in [-0.1, -0.05) is 54.6 Å². The lowest BCUT2D eigenvalue weighted by atomic mass is 10.0. The van der Waals surface area contributed by atoms with Crippen LogP contribution in [0, 0.1) is 0 Å². The van der Waals surface area contributed by atoms with Gasteiger partial charge in [0.25, 0.3) is 5.91 Å². The zero-order valence-corrected chi connectivity index (χ0v) is 12.0. The Morgan fingerprint density at radius 1 is 0.864 bits per heavy atom. The first-order valence-electron chi connectivity index (χ1n) is 7.31. The number of hydrogen-bond donors (Lipinski definition) is 1. The van der Waals surface area contributed by atoms with E-state index in [1.54, 1.807) is 11.0 Å². The van der Waals surface area contributed by atoms with E-state index in [9.17, 15) is 9.90 Å². The van der Waals surface area contributed by atoms with E-state index in [0.717, 1.165) is 10.8 Å². The van der Waals surface area contributed by atoms with Gasteiger partial charge in [-0.05, 0) is 28.0 Å². The number of fused-ring (bicyclic) bond motifs is 2. The molecule has 0 radical (unpaired) electrons. The molecule has 3 heteroatoms. The lowest BCUT2D eigenvalue weighted by Crippen LogP contribution is -2.25. The maximum atomic E-state index is 12.9. The van der Waals surface area contributed by atoms with Crippen molar-refractivity contribution in [2.75, 3.05) is 0 Å². The third kappa shape index (κ3) is 1.94. The molecule has 0 aliphatic carbocycles. The largest absolute Gasteiger partial charge is 0.507 e. The van der Waals surface area contributed by atoms with Crippen molar-refractivity contribution in [3.05, 3.63) is 77.4 Å². The summed E-state index contributed by atoms with van der Waals surface area (Å²) in [7, 11) is 0. The highest BCUT2D eigenvalue weighted by Gasteiger charge is 2.26. The molecule has 3 nitrogen and oxygen atoms in total. The summed E-state index contributed by atoms with van der Waals surface area (Å²) in [5.41, 5.74) is 2.75. The zero-order valence-electron chi connectivity index (χ0n) is 12.0. The molecule has 0 fully saturated rings. The van der Waals surface area contributed by atoms with E-state index in [2.05, 4.69) is 0 Å². The molecular formula is C19H15NO2. The number of amides is 1. The number of nitrogens with zero attached hydrogens (tertiary/aromatic N) is 1. The molecule has 1 amide bonds. The average molecular weight is 289 g/mol. The Kier molecular flexibility index (Phi) is 2.86. The topological polar surface area (TPSA) is 40.5 Å². The molecule has 1 heterocycles. The molecule has 3 aromatic rings. The van der Waals surface area contributed by atoms with Gasteiger partial charge in [-0.3, -0.25) is 4.79 Å². The molecule has 1 N–H and O–H groups in total. The number of benzene rings is 3. The van der Waals surface area contributed by atoms with Crippen molar-refractivity contribution >= 4 is 16.7 Å². The van der Waals surface area contributed by atoms with Crippen molar-refractivity contribution in [2.45, 2.75) is 13.1 Å². The molecule has 3 aromatic carbocycles. The van der Waals surface area contributed by atoms with Crippen LogP contribution >= 0.6 is 0 Å². The van der Waals surface area contributed by atoms with Crippen LogP contribution in [0.4, 0.5) is 0 Å². The van der Waals surface area contributed by atoms with Gasteiger partial charge >= 0.3 is 0 Å². The van der Waals surface area contributed by atoms with Crippen LogP contribution in [-0.4, -0.2) is 15.9 Å². The van der Waals surface area contributed by atoms with Crippen molar-refractivity contribution in [1.29, 1.82) is 0 Å². The van der Waals surface area contributed by atoms with Crippen LogP contribution in [0.15, 0.2) is 60.7 Å². The van der Waals surface area contributed by atoms with E-state index in [1.807, 2.05) is 54.6 Å². The number of phenols is 1. The minimum absolute atomic E-state index is 0.0413. The van der Waals surface area contributed by atoms with Crippen LogP contribution in [0.2, 0.25) is 0 Å². The monoisotopic (exact) mass is 289 g/mol. The van der Waals surface area contributed by atoms with Crippen molar-refractivity contribution < 1.29 is 9.90 Å². The standard InChI is InChI=1S/C19H15NO2/c21-17-10-9-13-5-3-4-8-16(13)18(17)19(22)20-11-14-6-1-2-7-15(14)12-20/h1-10,21H,11-12H2. The molecular weight excluding hydrogens is 274 g/mol. The quantitative estimate of drug-likeness (QED) is 0.742. The molecule has 108 valence electrons. The normalized spacial score (nSPS) is 13.4. The van der Waals surface area contributed by atoms with Gasteiger partial charge in [0.2, 0.25) is 0 Å². The van der Waals surface area contributed by atoms with E-state index in [-0.39, 0.29) is 11.7 Å². The Hall–Kier alpha value is -2.81. The molecule has 0 aromatic heterocycles. The summed E-state index contributed by atoms with van der Waals surface area (Å²) in [6.45, 7) is 1.19. The van der Waals surface area contributed by atoms with Gasteiger partial charge in [-0.15, -0.1) is 0 Å². The molecule has 4 rings (SSSR count). The number of phenolic OH excluding ortho intramolecular Hbond substituents is 1. The molecule has 0 atom stereocenters. The Bertz CT molecular complexity index is 860. The second kappa shape index (κ2) is 4.88. The fourth-order valence-corrected chi connectivity index (χ4v) is 3.12. The Balaban J connectivity index is 1.77. The first-order valence-corrected chi connectivity index (χ1v) is 7.31. The minimum Gasteiger partial charge on any atom is -0.507 e. The highest BCUT2D eigenvalue weighted by atomic mass is 16.3. The van der Waals surface area contributed by atoms with Gasteiger partial charge in [-0.25, -0.2) is 0 Å². The van der Waals surface area contributed by atoms with Gasteiger partial charge < -0.3 is 10.0 Å². The highest BCUT2D eigenvalue weighted by Crippen LogP contribution is 2.31. The first kappa shape index (κ1) is 12.9. The van der Waals surface area contributed by atoms with Gasteiger partial charge in [0.05, 0.1) is 5.56 Å². The van der Waals surface area contributed by atoms with E-state index < -0.39 is 0 Å². The minimum atomic E-state index is -0.120. The molecule has 1 aliphatic rings. The first-order chi connectivity index (χ1) is 10.7. The Morgan fingerprint density at radius 2 is 1.50 bits per heavy atom. The highest BCUT2D eigenvalue weighted by molar-refractivity contribution is 6.09. The van der Waals surface area contributed by atoms with Crippen LogP contribution in [0.1, 0.15) is 21.5 Å². The molecule has 0 saturated carbocycles. The lowest BCUT2D eigenvalue weighted by molar-refractivity contribution is 0.0750. The Morgan fingerprint density at radius 3 is 2.23 bits per heavy atom. The summed E-state index contributed by atoms with van der Waals surface area (Å²) < 4.78 is 0. The summed E-state index contributed by atoms with van der Waals surface area (Å²) in [5.74, 6) is -0.0786. The van der Waals surface area contributed by atoms with Crippen LogP contribution in [0.3, 0.4) is 0 Å². The summed E-state index contributed by atoms with van der Waals surface area (Å²) in [6, 6.07) is 19.1. The maximum Gasteiger partial charge on any atom is 0.258 e. The number of carbonyl (C=O) groups is 1. The number of carbonyl (C=O) groups excluding carboxylic acids is 1. The van der Waals surface area contributed by atoms with Crippen LogP contribution < -0.4 is 0 Å². The average Bonchev–Trinajstić information content (AvgIpc) is 2.98. The van der Waals surface area contributed by atoms with Gasteiger partial charge in [0.1, 0.15) is 5.75 Å². The van der Waals surface area contributed by atoms with Crippen LogP contribution in [0.5, 0.6) is 5.75 Å². The molecule has 0 spiro atoms. The van der Waals surface area contributed by atoms with E-state index >= 15 is 0 Å². The molecule has 0 saturated heterocycles. The van der Waals surface area contributed by atoms with Gasteiger partial charge in [0.15, 0.2) is 0 Å². The van der Waals surface area contributed by atoms with Gasteiger partial charge in [-0.2, -0.15) is 0 Å².